The number of hydrogen-bond acceptors (Lipinski definition) is 5. The molecule has 1 N–H and O–H groups in total. The average Bonchev–Trinajstić information content (AvgIpc) is 2.34. The van der Waals surface area contributed by atoms with Crippen LogP contribution in [0.3, 0.4) is 0 Å². The fraction of sp³-hybridized carbons (Fsp3) is 0.800. The monoisotopic (exact) mass is 279 g/mol. The molecule has 0 aromatic carbocycles. The fourth-order valence-electron chi connectivity index (χ4n) is 4.16. The zero-order valence-corrected chi connectivity index (χ0v) is 12.3. The first-order valence-corrected chi connectivity index (χ1v) is 7.16. The van der Waals surface area contributed by atoms with Crippen molar-refractivity contribution in [1.29, 1.82) is 0 Å². The number of esters is 1. The molecule has 5 heteroatoms. The van der Waals surface area contributed by atoms with E-state index in [4.69, 9.17) is 4.74 Å². The summed E-state index contributed by atoms with van der Waals surface area (Å²) in [7, 11) is 0. The Morgan fingerprint density at radius 3 is 2.65 bits per heavy atom. The molecule has 4 rings (SSSR count). The first kappa shape index (κ1) is 13.7. The molecule has 0 aromatic rings. The number of carbonyl (C=O) groups is 2. The molecule has 0 aromatic heterocycles. The van der Waals surface area contributed by atoms with Gasteiger partial charge in [-0.1, -0.05) is 13.8 Å². The topological polar surface area (TPSA) is 76.0 Å². The van der Waals surface area contributed by atoms with E-state index in [0.717, 1.165) is 18.6 Å². The maximum absolute atomic E-state index is 12.1. The van der Waals surface area contributed by atoms with Crippen LogP contribution in [0.25, 0.3) is 0 Å². The highest BCUT2D eigenvalue weighted by atomic mass is 16.6. The van der Waals surface area contributed by atoms with Crippen LogP contribution < -0.4 is 0 Å². The first-order valence-electron chi connectivity index (χ1n) is 7.16. The Bertz CT molecular complexity index is 524. The van der Waals surface area contributed by atoms with Crippen molar-refractivity contribution in [2.45, 2.75) is 58.3 Å². The normalized spacial score (nSPS) is 42.8. The van der Waals surface area contributed by atoms with E-state index in [9.17, 15) is 14.7 Å². The smallest absolute Gasteiger partial charge is 0.335 e. The Hall–Kier alpha value is -1.23. The molecular formula is C15H21NO4. The Labute approximate surface area is 118 Å². The van der Waals surface area contributed by atoms with Gasteiger partial charge in [0.1, 0.15) is 6.10 Å². The lowest BCUT2D eigenvalue weighted by Gasteiger charge is -2.64. The Balaban J connectivity index is 1.97. The van der Waals surface area contributed by atoms with Crippen LogP contribution in [0.2, 0.25) is 0 Å². The second-order valence-corrected chi connectivity index (χ2v) is 7.11. The van der Waals surface area contributed by atoms with Crippen LogP contribution in [-0.4, -0.2) is 40.3 Å². The van der Waals surface area contributed by atoms with Crippen molar-refractivity contribution in [3.8, 4) is 0 Å². The number of nitrogens with zero attached hydrogens (tertiary/aromatic N) is 1. The molecule has 2 bridgehead atoms. The molecule has 1 aliphatic heterocycles. The number of ketones is 1. The van der Waals surface area contributed by atoms with Gasteiger partial charge in [0.15, 0.2) is 17.4 Å². The molecule has 3 fully saturated rings. The maximum atomic E-state index is 12.1. The van der Waals surface area contributed by atoms with E-state index in [1.54, 1.807) is 0 Å². The van der Waals surface area contributed by atoms with Crippen LogP contribution in [0.15, 0.2) is 4.99 Å². The number of aliphatic hydroxyl groups is 1. The van der Waals surface area contributed by atoms with Crippen molar-refractivity contribution in [3.63, 3.8) is 0 Å². The minimum Gasteiger partial charge on any atom is -0.451 e. The maximum Gasteiger partial charge on any atom is 0.335 e. The summed E-state index contributed by atoms with van der Waals surface area (Å²) in [6.45, 7) is 7.59. The average molecular weight is 279 g/mol. The van der Waals surface area contributed by atoms with Crippen molar-refractivity contribution >= 4 is 17.5 Å². The number of aliphatic imine (C=N–C) groups is 1. The van der Waals surface area contributed by atoms with Crippen molar-refractivity contribution in [1.82, 2.24) is 0 Å². The summed E-state index contributed by atoms with van der Waals surface area (Å²) in [5.74, 6) is -0.223. The van der Waals surface area contributed by atoms with Crippen molar-refractivity contribution in [3.05, 3.63) is 0 Å². The number of Topliss-reactive ketones (excluding diaryl/α,β-unsaturated/α-hetero) is 1. The van der Waals surface area contributed by atoms with Crippen LogP contribution in [0, 0.1) is 17.3 Å². The molecule has 4 aliphatic rings. The zero-order chi connectivity index (χ0) is 14.9. The van der Waals surface area contributed by atoms with Gasteiger partial charge in [-0.25, -0.2) is 4.79 Å². The highest BCUT2D eigenvalue weighted by Crippen LogP contribution is 2.63. The largest absolute Gasteiger partial charge is 0.451 e. The lowest BCUT2D eigenvalue weighted by Crippen LogP contribution is -2.68. The van der Waals surface area contributed by atoms with Gasteiger partial charge in [0.2, 0.25) is 0 Å². The van der Waals surface area contributed by atoms with Crippen LogP contribution >= 0.6 is 0 Å². The molecule has 0 amide bonds. The second-order valence-electron chi connectivity index (χ2n) is 7.11. The molecule has 0 saturated heterocycles. The van der Waals surface area contributed by atoms with E-state index >= 15 is 0 Å². The third-order valence-electron chi connectivity index (χ3n) is 5.71. The van der Waals surface area contributed by atoms with Crippen LogP contribution in [0.1, 0.15) is 40.5 Å². The molecule has 110 valence electrons. The van der Waals surface area contributed by atoms with Gasteiger partial charge in [-0.3, -0.25) is 9.79 Å². The molecule has 5 atom stereocenters. The van der Waals surface area contributed by atoms with Gasteiger partial charge in [0, 0.05) is 5.92 Å². The fourth-order valence-corrected chi connectivity index (χ4v) is 4.16. The van der Waals surface area contributed by atoms with Gasteiger partial charge < -0.3 is 9.84 Å². The van der Waals surface area contributed by atoms with E-state index in [2.05, 4.69) is 18.8 Å². The van der Waals surface area contributed by atoms with Gasteiger partial charge in [0.05, 0.1) is 5.71 Å². The molecule has 20 heavy (non-hydrogen) atoms. The standard InChI is InChI=1S/C15H21NO4/c1-7(17)12(18)11-13(19)20-15(4)9-5-8(14(9,2)3)6-10(15)16-11/h8-9,11-12,18H,5-6H2,1-4H3/t8-,9-,11-,12-,15-/m1/s1. The SMILES string of the molecule is CC(=O)[C@@H](O)[C@H]1N=C2C[C@H]3C[C@H](C3(C)C)[C@@]2(C)OC1=O. The number of ether oxygens (including phenoxy) is 1. The minimum absolute atomic E-state index is 0.153. The predicted octanol–water partition coefficient (Wildman–Crippen LogP) is 1.13. The molecule has 0 spiro atoms. The number of hydrogen-bond donors (Lipinski definition) is 1. The van der Waals surface area contributed by atoms with E-state index in [1.807, 2.05) is 6.92 Å². The van der Waals surface area contributed by atoms with Gasteiger partial charge >= 0.3 is 5.97 Å². The lowest BCUT2D eigenvalue weighted by atomic mass is 9.43. The summed E-state index contributed by atoms with van der Waals surface area (Å²) in [6.07, 6.45) is 0.440. The predicted molar refractivity (Wildman–Crippen MR) is 72.4 cm³/mol. The van der Waals surface area contributed by atoms with Crippen molar-refractivity contribution < 1.29 is 19.4 Å². The molecule has 5 nitrogen and oxygen atoms in total. The van der Waals surface area contributed by atoms with Crippen LogP contribution in [-0.2, 0) is 14.3 Å². The van der Waals surface area contributed by atoms with Gasteiger partial charge in [-0.2, -0.15) is 0 Å². The Morgan fingerprint density at radius 2 is 2.10 bits per heavy atom. The molecule has 3 saturated carbocycles. The van der Waals surface area contributed by atoms with Crippen LogP contribution in [0.5, 0.6) is 0 Å². The van der Waals surface area contributed by atoms with E-state index in [0.29, 0.717) is 5.92 Å². The van der Waals surface area contributed by atoms with E-state index < -0.39 is 29.5 Å². The third-order valence-corrected chi connectivity index (χ3v) is 5.71. The van der Waals surface area contributed by atoms with Crippen LogP contribution in [0.4, 0.5) is 0 Å². The third kappa shape index (κ3) is 1.56. The van der Waals surface area contributed by atoms with Gasteiger partial charge in [-0.15, -0.1) is 0 Å². The van der Waals surface area contributed by atoms with Crippen molar-refractivity contribution in [2.75, 3.05) is 0 Å². The van der Waals surface area contributed by atoms with E-state index in [-0.39, 0.29) is 11.3 Å². The Morgan fingerprint density at radius 1 is 1.45 bits per heavy atom. The van der Waals surface area contributed by atoms with Gasteiger partial charge in [-0.05, 0) is 38.0 Å². The first-order chi connectivity index (χ1) is 9.18. The number of aliphatic hydroxyl groups excluding tert-OH is 1. The summed E-state index contributed by atoms with van der Waals surface area (Å²) in [5.41, 5.74) is 0.325. The second kappa shape index (κ2) is 3.91. The molecule has 0 radical (unpaired) electrons. The quantitative estimate of drug-likeness (QED) is 0.769. The minimum atomic E-state index is -1.40. The van der Waals surface area contributed by atoms with Gasteiger partial charge in [0.25, 0.3) is 0 Å². The summed E-state index contributed by atoms with van der Waals surface area (Å²) >= 11 is 0. The lowest BCUT2D eigenvalue weighted by molar-refractivity contribution is -0.190. The van der Waals surface area contributed by atoms with E-state index in [1.165, 1.54) is 6.92 Å². The molecule has 1 heterocycles. The zero-order valence-electron chi connectivity index (χ0n) is 12.3. The molecular weight excluding hydrogens is 258 g/mol. The highest BCUT2D eigenvalue weighted by molar-refractivity contribution is 6.02. The highest BCUT2D eigenvalue weighted by Gasteiger charge is 2.65. The number of carbonyl (C=O) groups excluding carboxylic acids is 2. The molecule has 3 aliphatic carbocycles. The summed E-state index contributed by atoms with van der Waals surface area (Å²) in [6, 6.07) is -1.09. The van der Waals surface area contributed by atoms with Crippen molar-refractivity contribution in [2.24, 2.45) is 22.2 Å². The summed E-state index contributed by atoms with van der Waals surface area (Å²) < 4.78 is 5.67. The molecule has 0 unspecified atom stereocenters. The summed E-state index contributed by atoms with van der Waals surface area (Å²) in [5, 5.41) is 9.82. The number of rotatable bonds is 2. The summed E-state index contributed by atoms with van der Waals surface area (Å²) in [4.78, 5) is 27.8. The Kier molecular flexibility index (Phi) is 2.68.